The fraction of sp³-hybridized carbons (Fsp3) is 0.273. The van der Waals surface area contributed by atoms with Gasteiger partial charge in [0, 0.05) is 19.4 Å². The zero-order chi connectivity index (χ0) is 14.5. The Morgan fingerprint density at radius 2 is 2.20 bits per heavy atom. The minimum Gasteiger partial charge on any atom is -0.480 e. The van der Waals surface area contributed by atoms with E-state index in [2.05, 4.69) is 20.8 Å². The highest BCUT2D eigenvalue weighted by molar-refractivity contribution is 5.88. The van der Waals surface area contributed by atoms with E-state index >= 15 is 0 Å². The van der Waals surface area contributed by atoms with Crippen molar-refractivity contribution in [3.05, 3.63) is 30.4 Å². The summed E-state index contributed by atoms with van der Waals surface area (Å²) in [6.07, 6.45) is 4.47. The molecule has 2 aromatic heterocycles. The second-order valence-corrected chi connectivity index (χ2v) is 4.07. The zero-order valence-corrected chi connectivity index (χ0v) is 10.8. The van der Waals surface area contributed by atoms with Gasteiger partial charge in [-0.2, -0.15) is 10.2 Å². The first kappa shape index (κ1) is 13.6. The number of carbonyl (C=O) groups is 2. The third-order valence-electron chi connectivity index (χ3n) is 2.54. The van der Waals surface area contributed by atoms with Crippen molar-refractivity contribution in [3.8, 4) is 0 Å². The largest absolute Gasteiger partial charge is 0.480 e. The molecule has 3 N–H and O–H groups in total. The number of aromatic nitrogens is 4. The Balaban J connectivity index is 1.84. The van der Waals surface area contributed by atoms with Gasteiger partial charge in [-0.05, 0) is 6.07 Å². The van der Waals surface area contributed by atoms with E-state index in [0.717, 1.165) is 5.69 Å². The van der Waals surface area contributed by atoms with Crippen LogP contribution in [-0.2, 0) is 24.9 Å². The van der Waals surface area contributed by atoms with Crippen LogP contribution in [0.2, 0.25) is 0 Å². The van der Waals surface area contributed by atoms with E-state index in [1.165, 1.54) is 17.1 Å². The number of hydrogen-bond donors (Lipinski definition) is 3. The molecular weight excluding hydrogens is 264 g/mol. The summed E-state index contributed by atoms with van der Waals surface area (Å²) in [5, 5.41) is 21.6. The highest BCUT2D eigenvalue weighted by Gasteiger charge is 2.06. The summed E-state index contributed by atoms with van der Waals surface area (Å²) < 4.78 is 2.88. The van der Waals surface area contributed by atoms with E-state index in [1.807, 2.05) is 0 Å². The lowest BCUT2D eigenvalue weighted by Crippen LogP contribution is -2.28. The fourth-order valence-corrected chi connectivity index (χ4v) is 1.57. The van der Waals surface area contributed by atoms with Crippen molar-refractivity contribution in [3.63, 3.8) is 0 Å². The summed E-state index contributed by atoms with van der Waals surface area (Å²) in [6, 6.07) is 1.40. The van der Waals surface area contributed by atoms with Gasteiger partial charge in [-0.25, -0.2) is 4.79 Å². The molecule has 9 heteroatoms. The predicted molar refractivity (Wildman–Crippen MR) is 68.9 cm³/mol. The van der Waals surface area contributed by atoms with E-state index in [4.69, 9.17) is 5.11 Å². The van der Waals surface area contributed by atoms with Crippen LogP contribution in [0.3, 0.4) is 0 Å². The molecule has 2 aromatic rings. The molecule has 0 fully saturated rings. The Bertz CT molecular complexity index is 617. The standard InChI is InChI=1S/C11H14N6O3/c1-16-9(2-3-13-16)5-12-11(20)15-8-4-14-17(6-8)7-10(18)19/h2-4,6H,5,7H2,1H3,(H,18,19)(H2,12,15,20). The van der Waals surface area contributed by atoms with Crippen LogP contribution in [0.25, 0.3) is 0 Å². The number of carboxylic acids is 1. The number of aliphatic carboxylic acids is 1. The Morgan fingerprint density at radius 3 is 2.85 bits per heavy atom. The molecular formula is C11H14N6O3. The smallest absolute Gasteiger partial charge is 0.325 e. The molecule has 9 nitrogen and oxygen atoms in total. The van der Waals surface area contributed by atoms with Crippen molar-refractivity contribution < 1.29 is 14.7 Å². The lowest BCUT2D eigenvalue weighted by molar-refractivity contribution is -0.137. The average molecular weight is 278 g/mol. The predicted octanol–water partition coefficient (Wildman–Crippen LogP) is 0.0229. The van der Waals surface area contributed by atoms with E-state index in [0.29, 0.717) is 12.2 Å². The van der Waals surface area contributed by atoms with Crippen LogP contribution in [0, 0.1) is 0 Å². The van der Waals surface area contributed by atoms with Gasteiger partial charge in [-0.3, -0.25) is 14.2 Å². The molecule has 2 heterocycles. The highest BCUT2D eigenvalue weighted by Crippen LogP contribution is 2.04. The van der Waals surface area contributed by atoms with E-state index < -0.39 is 12.0 Å². The van der Waals surface area contributed by atoms with Gasteiger partial charge >= 0.3 is 12.0 Å². The first-order chi connectivity index (χ1) is 9.54. The van der Waals surface area contributed by atoms with Crippen molar-refractivity contribution >= 4 is 17.7 Å². The van der Waals surface area contributed by atoms with Crippen LogP contribution < -0.4 is 10.6 Å². The second-order valence-electron chi connectivity index (χ2n) is 4.07. The van der Waals surface area contributed by atoms with Crippen molar-refractivity contribution in [2.45, 2.75) is 13.1 Å². The van der Waals surface area contributed by atoms with Crippen LogP contribution in [0.5, 0.6) is 0 Å². The molecule has 0 atom stereocenters. The fourth-order valence-electron chi connectivity index (χ4n) is 1.57. The third-order valence-corrected chi connectivity index (χ3v) is 2.54. The van der Waals surface area contributed by atoms with E-state index in [1.54, 1.807) is 24.0 Å². The van der Waals surface area contributed by atoms with E-state index in [-0.39, 0.29) is 6.54 Å². The van der Waals surface area contributed by atoms with Gasteiger partial charge in [0.15, 0.2) is 0 Å². The molecule has 0 spiro atoms. The van der Waals surface area contributed by atoms with E-state index in [9.17, 15) is 9.59 Å². The average Bonchev–Trinajstić information content (AvgIpc) is 2.96. The number of rotatable bonds is 5. The lowest BCUT2D eigenvalue weighted by atomic mass is 10.4. The number of hydrogen-bond acceptors (Lipinski definition) is 4. The molecule has 0 aliphatic heterocycles. The normalized spacial score (nSPS) is 10.2. The number of nitrogens with zero attached hydrogens (tertiary/aromatic N) is 4. The van der Waals surface area contributed by atoms with Gasteiger partial charge in [-0.15, -0.1) is 0 Å². The van der Waals surface area contributed by atoms with Crippen molar-refractivity contribution in [2.24, 2.45) is 7.05 Å². The molecule has 0 aliphatic carbocycles. The van der Waals surface area contributed by atoms with Gasteiger partial charge in [0.2, 0.25) is 0 Å². The van der Waals surface area contributed by atoms with Gasteiger partial charge in [-0.1, -0.05) is 0 Å². The summed E-state index contributed by atoms with van der Waals surface area (Å²) in [7, 11) is 1.78. The highest BCUT2D eigenvalue weighted by atomic mass is 16.4. The first-order valence-electron chi connectivity index (χ1n) is 5.80. The molecule has 0 radical (unpaired) electrons. The maximum atomic E-state index is 11.6. The number of anilines is 1. The summed E-state index contributed by atoms with van der Waals surface area (Å²) >= 11 is 0. The molecule has 0 unspecified atom stereocenters. The van der Waals surface area contributed by atoms with Crippen LogP contribution in [0.15, 0.2) is 24.7 Å². The summed E-state index contributed by atoms with van der Waals surface area (Å²) in [5.41, 5.74) is 1.29. The van der Waals surface area contributed by atoms with Crippen LogP contribution >= 0.6 is 0 Å². The first-order valence-corrected chi connectivity index (χ1v) is 5.80. The minimum absolute atomic E-state index is 0.252. The van der Waals surface area contributed by atoms with Crippen molar-refractivity contribution in [2.75, 3.05) is 5.32 Å². The number of amides is 2. The van der Waals surface area contributed by atoms with Gasteiger partial charge in [0.25, 0.3) is 0 Å². The minimum atomic E-state index is -1.000. The molecule has 0 saturated heterocycles. The summed E-state index contributed by atoms with van der Waals surface area (Å²) in [5.74, 6) is -1.000. The van der Waals surface area contributed by atoms with Crippen LogP contribution in [-0.4, -0.2) is 36.7 Å². The molecule has 0 bridgehead atoms. The number of urea groups is 1. The quantitative estimate of drug-likeness (QED) is 0.713. The lowest BCUT2D eigenvalue weighted by Gasteiger charge is -2.05. The zero-order valence-electron chi connectivity index (χ0n) is 10.8. The number of carboxylic acid groups (broad SMARTS) is 1. The molecule has 2 amide bonds. The Morgan fingerprint density at radius 1 is 1.40 bits per heavy atom. The van der Waals surface area contributed by atoms with Crippen LogP contribution in [0.1, 0.15) is 5.69 Å². The summed E-state index contributed by atoms with van der Waals surface area (Å²) in [6.45, 7) is 0.0872. The molecule has 0 aromatic carbocycles. The summed E-state index contributed by atoms with van der Waals surface area (Å²) in [4.78, 5) is 22.1. The molecule has 2 rings (SSSR count). The number of aryl methyl sites for hydroxylation is 1. The Labute approximate surface area is 114 Å². The van der Waals surface area contributed by atoms with Crippen molar-refractivity contribution in [1.82, 2.24) is 24.9 Å². The SMILES string of the molecule is Cn1nccc1CNC(=O)Nc1cnn(CC(=O)O)c1. The van der Waals surface area contributed by atoms with Gasteiger partial charge in [0.05, 0.1) is 24.1 Å². The van der Waals surface area contributed by atoms with Crippen molar-refractivity contribution in [1.29, 1.82) is 0 Å². The second kappa shape index (κ2) is 5.87. The molecule has 106 valence electrons. The van der Waals surface area contributed by atoms with Gasteiger partial charge < -0.3 is 15.7 Å². The third kappa shape index (κ3) is 3.57. The molecule has 20 heavy (non-hydrogen) atoms. The number of nitrogens with one attached hydrogen (secondary N) is 2. The number of carbonyl (C=O) groups excluding carboxylic acids is 1. The Kier molecular flexibility index (Phi) is 3.99. The molecule has 0 aliphatic rings. The monoisotopic (exact) mass is 278 g/mol. The van der Waals surface area contributed by atoms with Gasteiger partial charge in [0.1, 0.15) is 6.54 Å². The Hall–Kier alpha value is -2.84. The van der Waals surface area contributed by atoms with Crippen LogP contribution in [0.4, 0.5) is 10.5 Å². The maximum absolute atomic E-state index is 11.6. The topological polar surface area (TPSA) is 114 Å². The maximum Gasteiger partial charge on any atom is 0.325 e. The molecule has 0 saturated carbocycles.